The van der Waals surface area contributed by atoms with Crippen LogP contribution in [0.4, 0.5) is 5.82 Å². The number of aromatic amines is 1. The molecule has 1 amide bonds. The van der Waals surface area contributed by atoms with Crippen molar-refractivity contribution in [2.24, 2.45) is 5.73 Å². The van der Waals surface area contributed by atoms with E-state index in [1.54, 1.807) is 6.20 Å². The Morgan fingerprint density at radius 1 is 1.07 bits per heavy atom. The maximum absolute atomic E-state index is 12.0. The molecule has 3 aromatic rings. The van der Waals surface area contributed by atoms with E-state index in [0.717, 1.165) is 54.5 Å². The van der Waals surface area contributed by atoms with Crippen molar-refractivity contribution >= 4 is 23.9 Å². The number of carbonyl (C=O) groups is 1. The average Bonchev–Trinajstić information content (AvgIpc) is 3.20. The van der Waals surface area contributed by atoms with Crippen LogP contribution in [0.15, 0.2) is 54.7 Å². The number of aromatic nitrogens is 2. The van der Waals surface area contributed by atoms with Crippen LogP contribution < -0.4 is 10.6 Å². The minimum Gasteiger partial charge on any atom is -0.365 e. The lowest BCUT2D eigenvalue weighted by molar-refractivity contribution is 0.100. The molecule has 0 aliphatic carbocycles. The third kappa shape index (κ3) is 4.38. The second kappa shape index (κ2) is 8.32. The van der Waals surface area contributed by atoms with Gasteiger partial charge in [0.25, 0.3) is 5.91 Å². The van der Waals surface area contributed by atoms with Crippen molar-refractivity contribution in [2.75, 3.05) is 38.1 Å². The molecule has 148 valence electrons. The highest BCUT2D eigenvalue weighted by atomic mass is 16.1. The first kappa shape index (κ1) is 19.0. The number of carbonyl (C=O) groups excluding carboxylic acids is 1. The number of benzene rings is 1. The van der Waals surface area contributed by atoms with Crippen LogP contribution in [-0.2, 0) is 0 Å². The van der Waals surface area contributed by atoms with Gasteiger partial charge >= 0.3 is 0 Å². The zero-order chi connectivity index (χ0) is 20.2. The molecule has 2 aromatic heterocycles. The minimum atomic E-state index is -0.417. The van der Waals surface area contributed by atoms with Gasteiger partial charge < -0.3 is 20.5 Å². The zero-order valence-electron chi connectivity index (χ0n) is 16.5. The number of piperazine rings is 1. The van der Waals surface area contributed by atoms with E-state index in [9.17, 15) is 4.79 Å². The Morgan fingerprint density at radius 3 is 2.55 bits per heavy atom. The van der Waals surface area contributed by atoms with E-state index in [2.05, 4.69) is 26.8 Å². The SMILES string of the molecule is CN1CCN(c2[nH]c(-c3ccnc(C=Cc4ccccc4)c3)cc2C(N)=O)CC1. The summed E-state index contributed by atoms with van der Waals surface area (Å²) >= 11 is 0. The molecule has 0 bridgehead atoms. The van der Waals surface area contributed by atoms with E-state index in [1.165, 1.54) is 0 Å². The van der Waals surface area contributed by atoms with Gasteiger partial charge in [-0.1, -0.05) is 36.4 Å². The Morgan fingerprint density at radius 2 is 1.83 bits per heavy atom. The zero-order valence-corrected chi connectivity index (χ0v) is 16.5. The molecule has 0 unspecified atom stereocenters. The molecule has 1 fully saturated rings. The van der Waals surface area contributed by atoms with Crippen molar-refractivity contribution in [1.29, 1.82) is 0 Å². The fourth-order valence-corrected chi connectivity index (χ4v) is 3.52. The Bertz CT molecular complexity index is 1020. The lowest BCUT2D eigenvalue weighted by Crippen LogP contribution is -2.45. The number of rotatable bonds is 5. The lowest BCUT2D eigenvalue weighted by atomic mass is 10.1. The summed E-state index contributed by atoms with van der Waals surface area (Å²) in [4.78, 5) is 24.4. The molecule has 29 heavy (non-hydrogen) atoms. The van der Waals surface area contributed by atoms with E-state index in [4.69, 9.17) is 5.73 Å². The first-order valence-electron chi connectivity index (χ1n) is 9.76. The number of amides is 1. The number of hydrogen-bond acceptors (Lipinski definition) is 4. The molecular weight excluding hydrogens is 362 g/mol. The number of nitrogens with zero attached hydrogens (tertiary/aromatic N) is 3. The van der Waals surface area contributed by atoms with Crippen molar-refractivity contribution in [3.63, 3.8) is 0 Å². The summed E-state index contributed by atoms with van der Waals surface area (Å²) in [6, 6.07) is 15.9. The maximum atomic E-state index is 12.0. The number of pyridine rings is 1. The molecule has 6 nitrogen and oxygen atoms in total. The molecule has 0 radical (unpaired) electrons. The summed E-state index contributed by atoms with van der Waals surface area (Å²) in [5.74, 6) is 0.387. The maximum Gasteiger partial charge on any atom is 0.252 e. The van der Waals surface area contributed by atoms with Crippen LogP contribution in [0, 0.1) is 0 Å². The quantitative estimate of drug-likeness (QED) is 0.705. The van der Waals surface area contributed by atoms with E-state index in [-0.39, 0.29) is 0 Å². The van der Waals surface area contributed by atoms with Crippen molar-refractivity contribution < 1.29 is 4.79 Å². The Kier molecular flexibility index (Phi) is 5.44. The van der Waals surface area contributed by atoms with Gasteiger partial charge in [0.2, 0.25) is 0 Å². The first-order valence-corrected chi connectivity index (χ1v) is 9.76. The highest BCUT2D eigenvalue weighted by Crippen LogP contribution is 2.28. The van der Waals surface area contributed by atoms with Gasteiger partial charge in [0.05, 0.1) is 11.3 Å². The van der Waals surface area contributed by atoms with Crippen LogP contribution in [0.1, 0.15) is 21.6 Å². The van der Waals surface area contributed by atoms with Crippen LogP contribution in [0.3, 0.4) is 0 Å². The van der Waals surface area contributed by atoms with E-state index in [1.807, 2.05) is 60.7 Å². The van der Waals surface area contributed by atoms with Gasteiger partial charge in [-0.25, -0.2) is 0 Å². The van der Waals surface area contributed by atoms with E-state index >= 15 is 0 Å². The molecular formula is C23H25N5O. The third-order valence-corrected chi connectivity index (χ3v) is 5.22. The minimum absolute atomic E-state index is 0.417. The normalized spacial score (nSPS) is 15.1. The van der Waals surface area contributed by atoms with Crippen molar-refractivity contribution in [2.45, 2.75) is 0 Å². The number of nitrogens with one attached hydrogen (secondary N) is 1. The predicted molar refractivity (Wildman–Crippen MR) is 118 cm³/mol. The summed E-state index contributed by atoms with van der Waals surface area (Å²) in [6.07, 6.45) is 5.80. The van der Waals surface area contributed by atoms with E-state index < -0.39 is 5.91 Å². The molecule has 1 aliphatic rings. The fourth-order valence-electron chi connectivity index (χ4n) is 3.52. The van der Waals surface area contributed by atoms with Crippen LogP contribution >= 0.6 is 0 Å². The fraction of sp³-hybridized carbons (Fsp3) is 0.217. The molecule has 0 atom stereocenters. The van der Waals surface area contributed by atoms with Crippen LogP contribution in [-0.4, -0.2) is 54.0 Å². The molecule has 6 heteroatoms. The molecule has 3 heterocycles. The molecule has 0 saturated carbocycles. The Hall–Kier alpha value is -3.38. The summed E-state index contributed by atoms with van der Waals surface area (Å²) in [6.45, 7) is 3.63. The van der Waals surface area contributed by atoms with Crippen LogP contribution in [0.2, 0.25) is 0 Å². The lowest BCUT2D eigenvalue weighted by Gasteiger charge is -2.33. The Labute approximate surface area is 170 Å². The molecule has 1 aromatic carbocycles. The number of nitrogens with two attached hydrogens (primary N) is 1. The highest BCUT2D eigenvalue weighted by molar-refractivity contribution is 5.99. The molecule has 3 N–H and O–H groups in total. The largest absolute Gasteiger partial charge is 0.365 e. The van der Waals surface area contributed by atoms with Gasteiger partial charge in [-0.2, -0.15) is 0 Å². The number of hydrogen-bond donors (Lipinski definition) is 2. The summed E-state index contributed by atoms with van der Waals surface area (Å²) in [7, 11) is 2.11. The smallest absolute Gasteiger partial charge is 0.252 e. The van der Waals surface area contributed by atoms with Gasteiger partial charge in [-0.3, -0.25) is 9.78 Å². The van der Waals surface area contributed by atoms with Gasteiger partial charge in [0, 0.05) is 43.6 Å². The van der Waals surface area contributed by atoms with Crippen molar-refractivity contribution in [1.82, 2.24) is 14.9 Å². The van der Waals surface area contributed by atoms with Gasteiger partial charge in [-0.15, -0.1) is 0 Å². The molecule has 0 spiro atoms. The monoisotopic (exact) mass is 387 g/mol. The van der Waals surface area contributed by atoms with E-state index in [0.29, 0.717) is 5.56 Å². The number of H-pyrrole nitrogens is 1. The topological polar surface area (TPSA) is 78.2 Å². The third-order valence-electron chi connectivity index (χ3n) is 5.22. The number of anilines is 1. The van der Waals surface area contributed by atoms with Gasteiger partial charge in [0.1, 0.15) is 5.82 Å². The Balaban J connectivity index is 1.62. The van der Waals surface area contributed by atoms with Gasteiger partial charge in [0.15, 0.2) is 0 Å². The van der Waals surface area contributed by atoms with Gasteiger partial charge in [-0.05, 0) is 36.9 Å². The summed E-state index contributed by atoms with van der Waals surface area (Å²) in [5, 5.41) is 0. The highest BCUT2D eigenvalue weighted by Gasteiger charge is 2.22. The first-order chi connectivity index (χ1) is 14.1. The molecule has 4 rings (SSSR count). The van der Waals surface area contributed by atoms with Crippen LogP contribution in [0.25, 0.3) is 23.4 Å². The summed E-state index contributed by atoms with van der Waals surface area (Å²) < 4.78 is 0. The second-order valence-corrected chi connectivity index (χ2v) is 7.31. The number of likely N-dealkylation sites (N-methyl/N-ethyl adjacent to an activating group) is 1. The number of primary amides is 1. The molecule has 1 saturated heterocycles. The molecule has 1 aliphatic heterocycles. The standard InChI is InChI=1S/C23H25N5O/c1-27-11-13-28(14-12-27)23-20(22(24)29)16-21(26-23)18-9-10-25-19(15-18)8-7-17-5-3-2-4-6-17/h2-10,15-16,26H,11-14H2,1H3,(H2,24,29). The van der Waals surface area contributed by atoms with Crippen LogP contribution in [0.5, 0.6) is 0 Å². The van der Waals surface area contributed by atoms with Crippen molar-refractivity contribution in [3.05, 3.63) is 71.5 Å². The average molecular weight is 387 g/mol. The van der Waals surface area contributed by atoms with Crippen molar-refractivity contribution in [3.8, 4) is 11.3 Å². The second-order valence-electron chi connectivity index (χ2n) is 7.31. The predicted octanol–water partition coefficient (Wildman–Crippen LogP) is 3.10. The summed E-state index contributed by atoms with van der Waals surface area (Å²) in [5.41, 5.74) is 9.99.